The van der Waals surface area contributed by atoms with Crippen molar-refractivity contribution in [2.45, 2.75) is 32.1 Å². The summed E-state index contributed by atoms with van der Waals surface area (Å²) in [4.78, 5) is 0. The molecule has 0 bridgehead atoms. The van der Waals surface area contributed by atoms with Crippen molar-refractivity contribution in [3.63, 3.8) is 0 Å². The Morgan fingerprint density at radius 1 is 0.235 bits per heavy atom. The van der Waals surface area contributed by atoms with Gasteiger partial charge in [-0.2, -0.15) is 0 Å². The Labute approximate surface area is 794 Å². The van der Waals surface area contributed by atoms with Crippen molar-refractivity contribution >= 4 is 146 Å². The SMILES string of the molecule is Cc1ccc(-n2c3c(c4cc(Cc5ccc(-n6c7ccc(-c8ccc(-n9c%10ccccc%10c%10ccccc%109)cc8)cc7c7cc(-c8ccc(-n9c%10ccccc%10c%10ccccc%109)cc8)ccc76)cc5)ccc42)CC(C)(c2ccc(I4c5ccc(-c6ccc(-n7c8ccccc8c8ccccc87)cc6)cc5-c5cc(-c6ccc(-n7c8ccccc8c8ccccc87)cc6)ccc54)cc2)C=C3)cc1. The van der Waals surface area contributed by atoms with Crippen LogP contribution in [0, 0.1) is 17.6 Å². The van der Waals surface area contributed by atoms with Crippen LogP contribution in [0.25, 0.3) is 216 Å². The van der Waals surface area contributed by atoms with Gasteiger partial charge in [-0.3, -0.25) is 0 Å². The summed E-state index contributed by atoms with van der Waals surface area (Å²) in [5.74, 6) is 0. The third kappa shape index (κ3) is 12.3. The van der Waals surface area contributed by atoms with Crippen LogP contribution < -0.4 is 0 Å². The molecule has 2 aliphatic rings. The van der Waals surface area contributed by atoms with Gasteiger partial charge in [0.05, 0.1) is 33.1 Å². The fraction of sp³-hybridized carbons (Fsp3) is 0.0388. The summed E-state index contributed by atoms with van der Waals surface area (Å²) in [6, 6.07) is 172. The van der Waals surface area contributed by atoms with Crippen LogP contribution >= 0.6 is 19.8 Å². The molecule has 0 amide bonds. The molecule has 7 heteroatoms. The average Bonchev–Trinajstić information content (AvgIpc) is 1.57. The Kier molecular flexibility index (Phi) is 17.7. The zero-order chi connectivity index (χ0) is 89.5. The van der Waals surface area contributed by atoms with E-state index in [-0.39, 0.29) is 5.41 Å². The molecule has 0 fully saturated rings. The normalized spacial score (nSPS) is 13.9. The van der Waals surface area contributed by atoms with Gasteiger partial charge in [-0.25, -0.2) is 0 Å². The molecule has 0 saturated heterocycles. The molecular weight excluding hydrogens is 1760 g/mol. The number of nitrogens with zero attached hydrogens (tertiary/aromatic N) is 6. The predicted octanol–water partition coefficient (Wildman–Crippen LogP) is 33.6. The fourth-order valence-corrected chi connectivity index (χ4v) is 29.1. The topological polar surface area (TPSA) is 29.6 Å². The molecule has 26 aromatic rings. The van der Waals surface area contributed by atoms with E-state index in [4.69, 9.17) is 0 Å². The molecule has 6 aromatic heterocycles. The summed E-state index contributed by atoms with van der Waals surface area (Å²) < 4.78 is 19.0. The van der Waals surface area contributed by atoms with Crippen molar-refractivity contribution in [1.82, 2.24) is 27.4 Å². The molecule has 20 aromatic carbocycles. The van der Waals surface area contributed by atoms with Gasteiger partial charge in [-0.1, -0.05) is 151 Å². The summed E-state index contributed by atoms with van der Waals surface area (Å²) in [6.45, 7) is 4.64. The first-order valence-electron chi connectivity index (χ1n) is 47.2. The molecule has 0 saturated carbocycles. The van der Waals surface area contributed by atoms with E-state index in [1.54, 1.807) is 0 Å². The molecule has 640 valence electrons. The number of aryl methyl sites for hydroxylation is 1. The Morgan fingerprint density at radius 3 is 0.875 bits per heavy atom. The van der Waals surface area contributed by atoms with Crippen molar-refractivity contribution in [2.24, 2.45) is 0 Å². The van der Waals surface area contributed by atoms with Gasteiger partial charge in [-0.15, -0.1) is 0 Å². The summed E-state index contributed by atoms with van der Waals surface area (Å²) in [5.41, 5.74) is 39.9. The Morgan fingerprint density at radius 2 is 0.515 bits per heavy atom. The van der Waals surface area contributed by atoms with Crippen molar-refractivity contribution in [3.8, 4) is 89.8 Å². The first-order chi connectivity index (χ1) is 67.2. The predicted molar refractivity (Wildman–Crippen MR) is 579 cm³/mol. The van der Waals surface area contributed by atoms with Gasteiger partial charge in [-0.05, 0) is 114 Å². The fourth-order valence-electron chi connectivity index (χ4n) is 22.9. The van der Waals surface area contributed by atoms with Gasteiger partial charge in [0.25, 0.3) is 0 Å². The number of allylic oxidation sites excluding steroid dienone is 1. The third-order valence-corrected chi connectivity index (χ3v) is 35.7. The van der Waals surface area contributed by atoms with Gasteiger partial charge in [0.2, 0.25) is 0 Å². The number of hydrogen-bond acceptors (Lipinski definition) is 0. The number of rotatable bonds is 14. The molecule has 0 radical (unpaired) electrons. The van der Waals surface area contributed by atoms with Gasteiger partial charge in [0.1, 0.15) is 0 Å². The zero-order valence-electron chi connectivity index (χ0n) is 74.9. The first kappa shape index (κ1) is 78.1. The molecule has 136 heavy (non-hydrogen) atoms. The second kappa shape index (κ2) is 30.7. The van der Waals surface area contributed by atoms with Crippen LogP contribution in [-0.4, -0.2) is 27.4 Å². The van der Waals surface area contributed by atoms with Crippen molar-refractivity contribution in [3.05, 3.63) is 505 Å². The summed E-state index contributed by atoms with van der Waals surface area (Å²) in [5, 5.41) is 13.8. The number of benzene rings is 20. The molecule has 1 unspecified atom stereocenters. The molecule has 1 aliphatic heterocycles. The van der Waals surface area contributed by atoms with Crippen LogP contribution in [0.1, 0.15) is 40.4 Å². The van der Waals surface area contributed by atoms with Gasteiger partial charge in [0.15, 0.2) is 0 Å². The van der Waals surface area contributed by atoms with Crippen molar-refractivity contribution in [1.29, 1.82) is 0 Å². The van der Waals surface area contributed by atoms with Crippen LogP contribution in [0.2, 0.25) is 0 Å². The van der Waals surface area contributed by atoms with Crippen LogP contribution in [0.4, 0.5) is 0 Å². The van der Waals surface area contributed by atoms with Crippen LogP contribution in [-0.2, 0) is 18.3 Å². The monoisotopic (exact) mass is 1850 g/mol. The second-order valence-electron chi connectivity index (χ2n) is 37.3. The molecule has 0 spiro atoms. The van der Waals surface area contributed by atoms with E-state index >= 15 is 0 Å². The standard InChI is InChI=1S/C129H87IN6/c1-82-35-56-95(57-36-82)136-125-70-39-84(75-83-37-58-96(59-38-83)135-126-71-50-91(87-44-64-99(65-45-87)133-121-31-15-7-23-105(121)106-24-8-16-32-122(106)133)79-112(126)113-80-92(51-72-127(113)135)88-46-66-100(67-47-88)134-123-33-17-9-25-107(123)108-26-10-18-34-124(108)134)76-111(125)114-81-129(2,74-73-128(114)136)93-52-54-94(55-53-93)130-115-68-48-89(85-40-60-97(61-41-85)131-117-27-11-3-19-101(117)102-20-4-12-28-118(102)131)77-109(115)110-78-90(49-69-116(110)130)86-42-62-98(63-43-86)132-119-29-13-5-21-103(119)104-22-6-14-30-120(104)132/h3-74,76-80H,75,81H2,1-2H3. The van der Waals surface area contributed by atoms with Gasteiger partial charge in [0, 0.05) is 49.4 Å². The van der Waals surface area contributed by atoms with Crippen molar-refractivity contribution in [2.75, 3.05) is 0 Å². The number of aromatic nitrogens is 6. The first-order valence-corrected chi connectivity index (χ1v) is 50.5. The van der Waals surface area contributed by atoms with Crippen LogP contribution in [0.3, 0.4) is 0 Å². The molecule has 28 rings (SSSR count). The van der Waals surface area contributed by atoms with Crippen LogP contribution in [0.15, 0.2) is 461 Å². The van der Waals surface area contributed by atoms with Gasteiger partial charge < -0.3 is 13.7 Å². The number of halogens is 1. The van der Waals surface area contributed by atoms with E-state index in [1.165, 1.54) is 225 Å². The Hall–Kier alpha value is -16.6. The summed E-state index contributed by atoms with van der Waals surface area (Å²) >= 11 is -2.28. The molecule has 0 N–H and O–H groups in total. The number of hydrogen-bond donors (Lipinski definition) is 0. The van der Waals surface area contributed by atoms with Crippen LogP contribution in [0.5, 0.6) is 0 Å². The second-order valence-corrected chi connectivity index (χ2v) is 42.5. The van der Waals surface area contributed by atoms with E-state index in [1.807, 2.05) is 0 Å². The maximum atomic E-state index is 2.51. The molecular formula is C129H87IN6. The van der Waals surface area contributed by atoms with E-state index in [2.05, 4.69) is 508 Å². The minimum atomic E-state index is -2.28. The van der Waals surface area contributed by atoms with E-state index in [9.17, 15) is 0 Å². The third-order valence-electron chi connectivity index (χ3n) is 29.5. The van der Waals surface area contributed by atoms with E-state index in [0.717, 1.165) is 41.3 Å². The maximum absolute atomic E-state index is 2.51. The quantitative estimate of drug-likeness (QED) is 0.0972. The Balaban J connectivity index is 0.501. The molecule has 6 nitrogen and oxygen atoms in total. The molecule has 1 atom stereocenters. The molecule has 1 aliphatic carbocycles. The van der Waals surface area contributed by atoms with Gasteiger partial charge >= 0.3 is 439 Å². The average molecular weight is 1850 g/mol. The molecule has 7 heterocycles. The van der Waals surface area contributed by atoms with Crippen molar-refractivity contribution < 1.29 is 0 Å². The summed E-state index contributed by atoms with van der Waals surface area (Å²) in [6.07, 6.45) is 6.58. The Bertz CT molecular complexity index is 8830. The van der Waals surface area contributed by atoms with E-state index < -0.39 is 19.8 Å². The number of fused-ring (bicyclic) bond motifs is 21. The number of para-hydroxylation sites is 8. The minimum absolute atomic E-state index is 0.283. The zero-order valence-corrected chi connectivity index (χ0v) is 77.1. The van der Waals surface area contributed by atoms with E-state index in [0.29, 0.717) is 0 Å². The summed E-state index contributed by atoms with van der Waals surface area (Å²) in [7, 11) is 0.